The lowest BCUT2D eigenvalue weighted by molar-refractivity contribution is 0.442. The van der Waals surface area contributed by atoms with Crippen molar-refractivity contribution in [3.8, 4) is 0 Å². The van der Waals surface area contributed by atoms with Crippen LogP contribution in [0.4, 0.5) is 4.39 Å². The number of alkyl halides is 1. The molecule has 0 aromatic heterocycles. The van der Waals surface area contributed by atoms with Gasteiger partial charge < -0.3 is 5.73 Å². The molecule has 2 aromatic carbocycles. The van der Waals surface area contributed by atoms with Crippen LogP contribution in [0.3, 0.4) is 0 Å². The van der Waals surface area contributed by atoms with E-state index in [4.69, 9.17) is 5.73 Å². The van der Waals surface area contributed by atoms with Crippen LogP contribution in [0.15, 0.2) is 42.5 Å². The van der Waals surface area contributed by atoms with Crippen LogP contribution in [0.5, 0.6) is 0 Å². The lowest BCUT2D eigenvalue weighted by Crippen LogP contribution is -2.10. The van der Waals surface area contributed by atoms with E-state index in [0.717, 1.165) is 10.9 Å². The molecule has 2 N–H and O–H groups in total. The lowest BCUT2D eigenvalue weighted by Gasteiger charge is -2.10. The van der Waals surface area contributed by atoms with Crippen LogP contribution in [0.25, 0.3) is 10.8 Å². The summed E-state index contributed by atoms with van der Waals surface area (Å²) in [5.41, 5.74) is 6.86. The normalized spacial score (nSPS) is 12.9. The van der Waals surface area contributed by atoms with Gasteiger partial charge in [0.1, 0.15) is 0 Å². The highest BCUT2D eigenvalue weighted by Crippen LogP contribution is 2.20. The molecule has 0 saturated heterocycles. The van der Waals surface area contributed by atoms with Crippen molar-refractivity contribution in [3.63, 3.8) is 0 Å². The molecule has 0 aliphatic heterocycles. The Labute approximate surface area is 88.7 Å². The number of benzene rings is 2. The Bertz CT molecular complexity index is 453. The number of nitrogens with two attached hydrogens (primary N) is 1. The molecule has 78 valence electrons. The first-order chi connectivity index (χ1) is 7.31. The Morgan fingerprint density at radius 2 is 1.80 bits per heavy atom. The van der Waals surface area contributed by atoms with E-state index in [-0.39, 0.29) is 12.7 Å². The van der Waals surface area contributed by atoms with Crippen molar-refractivity contribution in [1.82, 2.24) is 0 Å². The third kappa shape index (κ3) is 2.16. The summed E-state index contributed by atoms with van der Waals surface area (Å²) in [7, 11) is 0. The molecule has 0 aliphatic rings. The van der Waals surface area contributed by atoms with Crippen LogP contribution in [-0.2, 0) is 0 Å². The van der Waals surface area contributed by atoms with E-state index in [1.165, 1.54) is 5.39 Å². The number of fused-ring (bicyclic) bond motifs is 1. The summed E-state index contributed by atoms with van der Waals surface area (Å²) in [5, 5.41) is 2.35. The Hall–Kier alpha value is -1.41. The van der Waals surface area contributed by atoms with Gasteiger partial charge in [-0.15, -0.1) is 0 Å². The second kappa shape index (κ2) is 4.41. The highest BCUT2D eigenvalue weighted by molar-refractivity contribution is 5.83. The molecule has 0 aliphatic carbocycles. The molecule has 0 bridgehead atoms. The monoisotopic (exact) mass is 203 g/mol. The van der Waals surface area contributed by atoms with Gasteiger partial charge in [0.2, 0.25) is 0 Å². The van der Waals surface area contributed by atoms with Crippen molar-refractivity contribution in [1.29, 1.82) is 0 Å². The molecular weight excluding hydrogens is 189 g/mol. The molecule has 2 rings (SSSR count). The van der Waals surface area contributed by atoms with Gasteiger partial charge >= 0.3 is 0 Å². The predicted octanol–water partition coefficient (Wildman–Crippen LogP) is 3.20. The number of halogens is 1. The number of rotatable bonds is 3. The van der Waals surface area contributed by atoms with Gasteiger partial charge in [-0.05, 0) is 28.8 Å². The Balaban J connectivity index is 2.38. The van der Waals surface area contributed by atoms with E-state index in [1.54, 1.807) is 0 Å². The summed E-state index contributed by atoms with van der Waals surface area (Å²) in [6.45, 7) is -0.367. The largest absolute Gasteiger partial charge is 0.324 e. The molecule has 0 unspecified atom stereocenters. The standard InChI is InChI=1S/C13H14FN/c14-8-7-13(15)12-6-5-10-3-1-2-4-11(10)9-12/h1-6,9,13H,7-8,15H2/t13-/m0/s1. The fourth-order valence-corrected chi connectivity index (χ4v) is 1.72. The van der Waals surface area contributed by atoms with Gasteiger partial charge in [0.25, 0.3) is 0 Å². The van der Waals surface area contributed by atoms with Crippen molar-refractivity contribution in [2.24, 2.45) is 5.73 Å². The van der Waals surface area contributed by atoms with Crippen molar-refractivity contribution >= 4 is 10.8 Å². The van der Waals surface area contributed by atoms with Gasteiger partial charge in [0.15, 0.2) is 0 Å². The topological polar surface area (TPSA) is 26.0 Å². The summed E-state index contributed by atoms with van der Waals surface area (Å²) in [6, 6.07) is 13.9. The molecule has 0 amide bonds. The Morgan fingerprint density at radius 3 is 2.53 bits per heavy atom. The first-order valence-electron chi connectivity index (χ1n) is 5.11. The van der Waals surface area contributed by atoms with Gasteiger partial charge in [-0.2, -0.15) is 0 Å². The van der Waals surface area contributed by atoms with Gasteiger partial charge in [-0.25, -0.2) is 0 Å². The first-order valence-corrected chi connectivity index (χ1v) is 5.11. The van der Waals surface area contributed by atoms with Crippen molar-refractivity contribution in [3.05, 3.63) is 48.0 Å². The van der Waals surface area contributed by atoms with Crippen LogP contribution < -0.4 is 5.73 Å². The number of hydrogen-bond donors (Lipinski definition) is 1. The summed E-state index contributed by atoms with van der Waals surface area (Å²) in [4.78, 5) is 0. The minimum atomic E-state index is -0.367. The van der Waals surface area contributed by atoms with Crippen molar-refractivity contribution in [2.45, 2.75) is 12.5 Å². The van der Waals surface area contributed by atoms with Gasteiger partial charge in [-0.1, -0.05) is 36.4 Å². The second-order valence-corrected chi connectivity index (χ2v) is 3.69. The molecule has 0 saturated carbocycles. The maximum absolute atomic E-state index is 12.2. The summed E-state index contributed by atoms with van der Waals surface area (Å²) >= 11 is 0. The molecule has 1 nitrogen and oxygen atoms in total. The summed E-state index contributed by atoms with van der Waals surface area (Å²) < 4.78 is 12.2. The van der Waals surface area contributed by atoms with Gasteiger partial charge in [0.05, 0.1) is 6.67 Å². The predicted molar refractivity (Wildman–Crippen MR) is 61.5 cm³/mol. The van der Waals surface area contributed by atoms with Crippen LogP contribution in [0.1, 0.15) is 18.0 Å². The third-order valence-electron chi connectivity index (χ3n) is 2.62. The van der Waals surface area contributed by atoms with Gasteiger partial charge in [0, 0.05) is 6.04 Å². The van der Waals surface area contributed by atoms with E-state index in [1.807, 2.05) is 36.4 Å². The highest BCUT2D eigenvalue weighted by atomic mass is 19.1. The van der Waals surface area contributed by atoms with E-state index in [0.29, 0.717) is 6.42 Å². The molecule has 15 heavy (non-hydrogen) atoms. The fourth-order valence-electron chi connectivity index (χ4n) is 1.72. The quantitative estimate of drug-likeness (QED) is 0.814. The Morgan fingerprint density at radius 1 is 1.07 bits per heavy atom. The van der Waals surface area contributed by atoms with Crippen molar-refractivity contribution < 1.29 is 4.39 Å². The van der Waals surface area contributed by atoms with Crippen molar-refractivity contribution in [2.75, 3.05) is 6.67 Å². The molecule has 0 spiro atoms. The molecule has 1 atom stereocenters. The van der Waals surface area contributed by atoms with Crippen LogP contribution in [-0.4, -0.2) is 6.67 Å². The zero-order chi connectivity index (χ0) is 10.7. The van der Waals surface area contributed by atoms with E-state index >= 15 is 0 Å². The summed E-state index contributed by atoms with van der Waals surface area (Å²) in [5.74, 6) is 0. The highest BCUT2D eigenvalue weighted by Gasteiger charge is 2.05. The first kappa shape index (κ1) is 10.1. The molecular formula is C13H14FN. The van der Waals surface area contributed by atoms with E-state index in [2.05, 4.69) is 6.07 Å². The molecule has 2 heteroatoms. The van der Waals surface area contributed by atoms with Crippen LogP contribution in [0, 0.1) is 0 Å². The summed E-state index contributed by atoms with van der Waals surface area (Å²) in [6.07, 6.45) is 0.387. The van der Waals surface area contributed by atoms with E-state index in [9.17, 15) is 4.39 Å². The molecule has 0 radical (unpaired) electrons. The average molecular weight is 203 g/mol. The van der Waals surface area contributed by atoms with Crippen LogP contribution >= 0.6 is 0 Å². The average Bonchev–Trinajstić information content (AvgIpc) is 2.29. The maximum atomic E-state index is 12.2. The maximum Gasteiger partial charge on any atom is 0.0912 e. The molecule has 0 fully saturated rings. The van der Waals surface area contributed by atoms with Gasteiger partial charge in [-0.3, -0.25) is 4.39 Å². The van der Waals surface area contributed by atoms with Crippen LogP contribution in [0.2, 0.25) is 0 Å². The second-order valence-electron chi connectivity index (χ2n) is 3.69. The minimum Gasteiger partial charge on any atom is -0.324 e. The zero-order valence-electron chi connectivity index (χ0n) is 8.49. The zero-order valence-corrected chi connectivity index (χ0v) is 8.49. The SMILES string of the molecule is N[C@@H](CCF)c1ccc2ccccc2c1. The molecule has 2 aromatic rings. The Kier molecular flexibility index (Phi) is 2.97. The number of hydrogen-bond acceptors (Lipinski definition) is 1. The molecule has 0 heterocycles. The lowest BCUT2D eigenvalue weighted by atomic mass is 10.0. The minimum absolute atomic E-state index is 0.195. The van der Waals surface area contributed by atoms with E-state index < -0.39 is 0 Å². The smallest absolute Gasteiger partial charge is 0.0912 e. The third-order valence-corrected chi connectivity index (χ3v) is 2.62. The fraction of sp³-hybridized carbons (Fsp3) is 0.231.